The maximum absolute atomic E-state index is 12.5. The van der Waals surface area contributed by atoms with E-state index in [1.807, 2.05) is 0 Å². The van der Waals surface area contributed by atoms with Crippen molar-refractivity contribution in [2.75, 3.05) is 5.33 Å². The van der Waals surface area contributed by atoms with E-state index in [0.717, 1.165) is 31.1 Å². The van der Waals surface area contributed by atoms with Gasteiger partial charge in [0.05, 0.1) is 10.2 Å². The molecule has 0 aromatic carbocycles. The lowest BCUT2D eigenvalue weighted by atomic mass is 9.44. The fourth-order valence-electron chi connectivity index (χ4n) is 7.71. The number of rotatable bonds is 2. The first-order valence-corrected chi connectivity index (χ1v) is 12.1. The van der Waals surface area contributed by atoms with Gasteiger partial charge in [-0.05, 0) is 79.4 Å². The lowest BCUT2D eigenvalue weighted by molar-refractivity contribution is -0.141. The summed E-state index contributed by atoms with van der Waals surface area (Å²) in [4.78, 5) is 24.8. The number of carbonyl (C=O) groups excluding carboxylic acids is 2. The molecular weight excluding hydrogens is 444 g/mol. The molecule has 4 saturated carbocycles. The molecule has 4 fully saturated rings. The number of Topliss-reactive ketones (excluding diaryl/α,β-unsaturated/α-hetero) is 2. The van der Waals surface area contributed by atoms with Gasteiger partial charge in [-0.1, -0.05) is 45.7 Å². The summed E-state index contributed by atoms with van der Waals surface area (Å²) in [5.74, 6) is 3.85. The molecule has 4 rings (SSSR count). The predicted octanol–water partition coefficient (Wildman–Crippen LogP) is 5.55. The van der Waals surface area contributed by atoms with Gasteiger partial charge in [-0.3, -0.25) is 9.59 Å². The van der Waals surface area contributed by atoms with E-state index in [1.165, 1.54) is 32.1 Å². The Morgan fingerprint density at radius 2 is 1.68 bits per heavy atom. The number of halogens is 2. The van der Waals surface area contributed by atoms with Crippen LogP contribution in [0.4, 0.5) is 0 Å². The molecule has 4 aliphatic carbocycles. The average molecular weight is 474 g/mol. The molecule has 0 aromatic heterocycles. The molecule has 2 nitrogen and oxygen atoms in total. The highest BCUT2D eigenvalue weighted by atomic mass is 79.9. The maximum Gasteiger partial charge on any atom is 0.147 e. The molecule has 0 spiro atoms. The molecule has 0 N–H and O–H groups in total. The fraction of sp³-hybridized carbons (Fsp3) is 0.905. The maximum atomic E-state index is 12.5. The van der Waals surface area contributed by atoms with Gasteiger partial charge in [0.2, 0.25) is 0 Å². The summed E-state index contributed by atoms with van der Waals surface area (Å²) in [6, 6.07) is 0. The van der Waals surface area contributed by atoms with E-state index in [1.54, 1.807) is 0 Å². The lowest BCUT2D eigenvalue weighted by Gasteiger charge is -2.61. The van der Waals surface area contributed by atoms with E-state index >= 15 is 0 Å². The standard InChI is InChI=1S/C21H30Br2O2/c1-20-9-7-14-12(13(20)5-6-15(20)18(25)11-22)3-4-16-19(23)17(24)8-10-21(14,16)2/h12-16,19H,3-11H2,1-2H3/t12-,13-,14-,15+,16?,19+,20-,21+/m0/s1. The summed E-state index contributed by atoms with van der Waals surface area (Å²) in [6.45, 7) is 4.89. The molecule has 0 saturated heterocycles. The van der Waals surface area contributed by atoms with Gasteiger partial charge in [-0.25, -0.2) is 0 Å². The van der Waals surface area contributed by atoms with E-state index in [0.29, 0.717) is 34.1 Å². The average Bonchev–Trinajstić information content (AvgIpc) is 2.95. The van der Waals surface area contributed by atoms with Gasteiger partial charge in [0.25, 0.3) is 0 Å². The van der Waals surface area contributed by atoms with Gasteiger partial charge in [-0.15, -0.1) is 0 Å². The van der Waals surface area contributed by atoms with E-state index in [2.05, 4.69) is 45.7 Å². The SMILES string of the molecule is C[C@]12CC[C@H]3[C@@H](CCC4[C@@H](Br)C(=O)CC[C@@]43C)[C@@H]1CC[C@@H]2C(=O)CBr. The Kier molecular flexibility index (Phi) is 4.80. The van der Waals surface area contributed by atoms with Crippen molar-refractivity contribution in [2.45, 2.75) is 70.0 Å². The number of hydrogen-bond acceptors (Lipinski definition) is 2. The van der Waals surface area contributed by atoms with Crippen LogP contribution in [0.1, 0.15) is 65.2 Å². The van der Waals surface area contributed by atoms with E-state index in [4.69, 9.17) is 0 Å². The number of hydrogen-bond donors (Lipinski definition) is 0. The number of carbonyl (C=O) groups is 2. The second-order valence-corrected chi connectivity index (χ2v) is 11.3. The zero-order valence-corrected chi connectivity index (χ0v) is 18.6. The third kappa shape index (κ3) is 2.59. The fourth-order valence-corrected chi connectivity index (χ4v) is 9.20. The van der Waals surface area contributed by atoms with Crippen LogP contribution in [0.25, 0.3) is 0 Å². The largest absolute Gasteiger partial charge is 0.298 e. The summed E-state index contributed by atoms with van der Waals surface area (Å²) in [7, 11) is 0. The number of fused-ring (bicyclic) bond motifs is 5. The van der Waals surface area contributed by atoms with Gasteiger partial charge in [0, 0.05) is 12.3 Å². The van der Waals surface area contributed by atoms with Gasteiger partial charge in [-0.2, -0.15) is 0 Å². The highest BCUT2D eigenvalue weighted by Crippen LogP contribution is 2.67. The summed E-state index contributed by atoms with van der Waals surface area (Å²) >= 11 is 7.17. The molecule has 4 heteroatoms. The first-order valence-electron chi connectivity index (χ1n) is 10.1. The van der Waals surface area contributed by atoms with Crippen LogP contribution in [-0.4, -0.2) is 21.7 Å². The Bertz CT molecular complexity index is 590. The van der Waals surface area contributed by atoms with Crippen LogP contribution in [0.2, 0.25) is 0 Å². The zero-order chi connectivity index (χ0) is 18.0. The molecular formula is C21H30Br2O2. The molecule has 0 aromatic rings. The van der Waals surface area contributed by atoms with Crippen LogP contribution >= 0.6 is 31.9 Å². The molecule has 0 aliphatic heterocycles. The van der Waals surface area contributed by atoms with Crippen molar-refractivity contribution in [2.24, 2.45) is 40.4 Å². The van der Waals surface area contributed by atoms with Crippen molar-refractivity contribution in [1.29, 1.82) is 0 Å². The van der Waals surface area contributed by atoms with Crippen LogP contribution in [0.5, 0.6) is 0 Å². The normalized spacial score (nSPS) is 52.2. The summed E-state index contributed by atoms with van der Waals surface area (Å²) in [6.07, 6.45) is 9.05. The van der Waals surface area contributed by atoms with Gasteiger partial charge in [0.1, 0.15) is 11.6 Å². The van der Waals surface area contributed by atoms with Crippen molar-refractivity contribution < 1.29 is 9.59 Å². The van der Waals surface area contributed by atoms with Crippen LogP contribution in [-0.2, 0) is 9.59 Å². The molecule has 0 heterocycles. The molecule has 25 heavy (non-hydrogen) atoms. The van der Waals surface area contributed by atoms with Crippen molar-refractivity contribution in [1.82, 2.24) is 0 Å². The zero-order valence-electron chi connectivity index (χ0n) is 15.4. The third-order valence-corrected chi connectivity index (χ3v) is 10.7. The smallest absolute Gasteiger partial charge is 0.147 e. The van der Waals surface area contributed by atoms with Crippen LogP contribution < -0.4 is 0 Å². The Hall–Kier alpha value is 0.300. The minimum Gasteiger partial charge on any atom is -0.298 e. The van der Waals surface area contributed by atoms with Gasteiger partial charge < -0.3 is 0 Å². The van der Waals surface area contributed by atoms with Gasteiger partial charge >= 0.3 is 0 Å². The lowest BCUT2D eigenvalue weighted by Crippen LogP contribution is -2.56. The van der Waals surface area contributed by atoms with E-state index in [-0.39, 0.29) is 16.2 Å². The molecule has 140 valence electrons. The number of ketones is 2. The third-order valence-electron chi connectivity index (χ3n) is 9.03. The van der Waals surface area contributed by atoms with Gasteiger partial charge in [0.15, 0.2) is 0 Å². The minimum absolute atomic E-state index is 0.0758. The Morgan fingerprint density at radius 3 is 2.40 bits per heavy atom. The second kappa shape index (κ2) is 6.43. The van der Waals surface area contributed by atoms with E-state index in [9.17, 15) is 9.59 Å². The summed E-state index contributed by atoms with van der Waals surface area (Å²) < 4.78 is 0. The second-order valence-electron chi connectivity index (χ2n) is 9.71. The molecule has 8 atom stereocenters. The van der Waals surface area contributed by atoms with Crippen molar-refractivity contribution in [3.63, 3.8) is 0 Å². The van der Waals surface area contributed by atoms with Crippen molar-refractivity contribution >= 4 is 43.4 Å². The minimum atomic E-state index is 0.0758. The van der Waals surface area contributed by atoms with Crippen LogP contribution in [0.3, 0.4) is 0 Å². The van der Waals surface area contributed by atoms with Crippen LogP contribution in [0.15, 0.2) is 0 Å². The molecule has 4 aliphatic rings. The monoisotopic (exact) mass is 472 g/mol. The Balaban J connectivity index is 1.62. The molecule has 0 amide bonds. The van der Waals surface area contributed by atoms with E-state index < -0.39 is 0 Å². The first kappa shape index (κ1) is 18.7. The first-order chi connectivity index (χ1) is 11.8. The number of alkyl halides is 2. The summed E-state index contributed by atoms with van der Waals surface area (Å²) in [5.41, 5.74) is 0.525. The molecule has 0 radical (unpaired) electrons. The van der Waals surface area contributed by atoms with Crippen molar-refractivity contribution in [3.8, 4) is 0 Å². The summed E-state index contributed by atoms with van der Waals surface area (Å²) in [5, 5.41) is 0.515. The topological polar surface area (TPSA) is 34.1 Å². The Labute approximate surface area is 168 Å². The van der Waals surface area contributed by atoms with Crippen molar-refractivity contribution in [3.05, 3.63) is 0 Å². The highest BCUT2D eigenvalue weighted by Gasteiger charge is 2.62. The predicted molar refractivity (Wildman–Crippen MR) is 107 cm³/mol. The molecule has 0 bridgehead atoms. The molecule has 1 unspecified atom stereocenters. The highest BCUT2D eigenvalue weighted by molar-refractivity contribution is 9.10. The quantitative estimate of drug-likeness (QED) is 0.492. The van der Waals surface area contributed by atoms with Crippen LogP contribution in [0, 0.1) is 40.4 Å². The Morgan fingerprint density at radius 1 is 1.00 bits per heavy atom.